The molecule has 2 atom stereocenters. The zero-order chi connectivity index (χ0) is 13.9. The summed E-state index contributed by atoms with van der Waals surface area (Å²) in [4.78, 5) is 27.6. The highest BCUT2D eigenvalue weighted by Crippen LogP contribution is 2.16. The average molecular weight is 255 g/mol. The van der Waals surface area contributed by atoms with E-state index in [1.165, 1.54) is 0 Å². The van der Waals surface area contributed by atoms with Crippen LogP contribution < -0.4 is 5.32 Å². The van der Waals surface area contributed by atoms with E-state index >= 15 is 0 Å². The molecule has 0 bridgehead atoms. The van der Waals surface area contributed by atoms with Gasteiger partial charge in [-0.25, -0.2) is 0 Å². The largest absolute Gasteiger partial charge is 0.344 e. The standard InChI is InChI=1S/C13H25N3O2/c1-6-15(5)12(17)10(4)16-8-7-11(13(16)18)14-9(2)3/h9-11,14H,6-8H2,1-5H3. The van der Waals surface area contributed by atoms with Crippen LogP contribution in [-0.4, -0.2) is 59.9 Å². The highest BCUT2D eigenvalue weighted by atomic mass is 16.2. The Kier molecular flexibility index (Phi) is 5.14. The number of likely N-dealkylation sites (N-methyl/N-ethyl adjacent to an activating group) is 1. The van der Waals surface area contributed by atoms with Crippen LogP contribution in [0.15, 0.2) is 0 Å². The summed E-state index contributed by atoms with van der Waals surface area (Å²) in [5, 5.41) is 3.24. The molecule has 0 aliphatic carbocycles. The van der Waals surface area contributed by atoms with Gasteiger partial charge in [0.15, 0.2) is 0 Å². The van der Waals surface area contributed by atoms with E-state index < -0.39 is 0 Å². The molecule has 0 aromatic carbocycles. The summed E-state index contributed by atoms with van der Waals surface area (Å²) in [6.45, 7) is 9.11. The van der Waals surface area contributed by atoms with Crippen molar-refractivity contribution in [2.45, 2.75) is 52.2 Å². The Hall–Kier alpha value is -1.10. The number of likely N-dealkylation sites (tertiary alicyclic amines) is 1. The number of carbonyl (C=O) groups excluding carboxylic acids is 2. The minimum absolute atomic E-state index is 0.0102. The van der Waals surface area contributed by atoms with E-state index in [0.29, 0.717) is 13.1 Å². The van der Waals surface area contributed by atoms with Crippen LogP contribution in [0.2, 0.25) is 0 Å². The van der Waals surface area contributed by atoms with E-state index in [1.54, 1.807) is 16.8 Å². The van der Waals surface area contributed by atoms with E-state index in [2.05, 4.69) is 5.32 Å². The number of nitrogens with zero attached hydrogens (tertiary/aromatic N) is 2. The minimum atomic E-state index is -0.360. The van der Waals surface area contributed by atoms with Crippen LogP contribution in [0.3, 0.4) is 0 Å². The Labute approximate surface area is 110 Å². The lowest BCUT2D eigenvalue weighted by molar-refractivity contribution is -0.142. The number of rotatable bonds is 5. The van der Waals surface area contributed by atoms with E-state index in [-0.39, 0.29) is 29.9 Å². The molecule has 18 heavy (non-hydrogen) atoms. The highest BCUT2D eigenvalue weighted by Gasteiger charge is 2.37. The Morgan fingerprint density at radius 3 is 2.61 bits per heavy atom. The molecule has 0 radical (unpaired) electrons. The smallest absolute Gasteiger partial charge is 0.244 e. The summed E-state index contributed by atoms with van der Waals surface area (Å²) in [5.41, 5.74) is 0. The maximum absolute atomic E-state index is 12.2. The molecule has 0 aromatic heterocycles. The third-order valence-electron chi connectivity index (χ3n) is 3.45. The highest BCUT2D eigenvalue weighted by molar-refractivity contribution is 5.90. The number of amides is 2. The van der Waals surface area contributed by atoms with Crippen LogP contribution in [0.25, 0.3) is 0 Å². The fraction of sp³-hybridized carbons (Fsp3) is 0.846. The normalized spacial score (nSPS) is 21.6. The van der Waals surface area contributed by atoms with Crippen molar-refractivity contribution in [3.63, 3.8) is 0 Å². The van der Waals surface area contributed by atoms with Crippen molar-refractivity contribution in [3.05, 3.63) is 0 Å². The van der Waals surface area contributed by atoms with Crippen molar-refractivity contribution in [2.24, 2.45) is 0 Å². The quantitative estimate of drug-likeness (QED) is 0.776. The van der Waals surface area contributed by atoms with Crippen LogP contribution in [0.1, 0.15) is 34.1 Å². The maximum Gasteiger partial charge on any atom is 0.244 e. The molecule has 1 heterocycles. The second kappa shape index (κ2) is 6.18. The molecular weight excluding hydrogens is 230 g/mol. The Morgan fingerprint density at radius 1 is 1.50 bits per heavy atom. The molecule has 0 aromatic rings. The second-order valence-electron chi connectivity index (χ2n) is 5.22. The van der Waals surface area contributed by atoms with Gasteiger partial charge in [-0.1, -0.05) is 13.8 Å². The lowest BCUT2D eigenvalue weighted by atomic mass is 10.2. The fourth-order valence-corrected chi connectivity index (χ4v) is 2.25. The van der Waals surface area contributed by atoms with Crippen molar-refractivity contribution in [3.8, 4) is 0 Å². The number of hydrogen-bond acceptors (Lipinski definition) is 3. The zero-order valence-corrected chi connectivity index (χ0v) is 12.1. The van der Waals surface area contributed by atoms with Crippen LogP contribution in [0.4, 0.5) is 0 Å². The zero-order valence-electron chi connectivity index (χ0n) is 12.1. The maximum atomic E-state index is 12.2. The van der Waals surface area contributed by atoms with Crippen molar-refractivity contribution in [1.29, 1.82) is 0 Å². The van der Waals surface area contributed by atoms with Gasteiger partial charge in [-0.15, -0.1) is 0 Å². The van der Waals surface area contributed by atoms with Gasteiger partial charge in [0.05, 0.1) is 6.04 Å². The fourth-order valence-electron chi connectivity index (χ4n) is 2.25. The van der Waals surface area contributed by atoms with Crippen molar-refractivity contribution in [2.75, 3.05) is 20.1 Å². The molecule has 1 N–H and O–H groups in total. The molecule has 1 saturated heterocycles. The first-order chi connectivity index (χ1) is 8.38. The predicted molar refractivity (Wildman–Crippen MR) is 71.2 cm³/mol. The van der Waals surface area contributed by atoms with Crippen molar-refractivity contribution >= 4 is 11.8 Å². The average Bonchev–Trinajstić information content (AvgIpc) is 2.67. The van der Waals surface area contributed by atoms with E-state index in [9.17, 15) is 9.59 Å². The molecule has 1 aliphatic heterocycles. The molecule has 104 valence electrons. The Morgan fingerprint density at radius 2 is 2.11 bits per heavy atom. The number of nitrogens with one attached hydrogen (secondary N) is 1. The Balaban J connectivity index is 2.63. The molecule has 1 fully saturated rings. The molecule has 2 unspecified atom stereocenters. The topological polar surface area (TPSA) is 52.7 Å². The van der Waals surface area contributed by atoms with Gasteiger partial charge in [-0.05, 0) is 20.3 Å². The summed E-state index contributed by atoms with van der Waals surface area (Å²) >= 11 is 0. The molecular formula is C13H25N3O2. The molecule has 0 saturated carbocycles. The number of carbonyl (C=O) groups is 2. The molecule has 1 rings (SSSR count). The van der Waals surface area contributed by atoms with Gasteiger partial charge in [-0.2, -0.15) is 0 Å². The molecule has 0 spiro atoms. The van der Waals surface area contributed by atoms with Crippen LogP contribution in [0.5, 0.6) is 0 Å². The first-order valence-corrected chi connectivity index (χ1v) is 6.70. The summed E-state index contributed by atoms with van der Waals surface area (Å²) in [7, 11) is 1.77. The lowest BCUT2D eigenvalue weighted by Gasteiger charge is -2.27. The SMILES string of the molecule is CCN(C)C(=O)C(C)N1CCC(NC(C)C)C1=O. The van der Waals surface area contributed by atoms with Crippen LogP contribution in [0, 0.1) is 0 Å². The molecule has 5 heteroatoms. The summed E-state index contributed by atoms with van der Waals surface area (Å²) in [6, 6.07) is -0.211. The molecule has 1 aliphatic rings. The lowest BCUT2D eigenvalue weighted by Crippen LogP contribution is -2.49. The predicted octanol–water partition coefficient (Wildman–Crippen LogP) is 0.452. The number of hydrogen-bond donors (Lipinski definition) is 1. The van der Waals surface area contributed by atoms with Crippen molar-refractivity contribution < 1.29 is 9.59 Å². The minimum Gasteiger partial charge on any atom is -0.344 e. The van der Waals surface area contributed by atoms with Crippen LogP contribution in [-0.2, 0) is 9.59 Å². The van der Waals surface area contributed by atoms with Crippen LogP contribution >= 0.6 is 0 Å². The van der Waals surface area contributed by atoms with Gasteiger partial charge in [0.1, 0.15) is 6.04 Å². The molecule has 2 amide bonds. The first kappa shape index (κ1) is 15.0. The van der Waals surface area contributed by atoms with Gasteiger partial charge in [0, 0.05) is 26.2 Å². The third-order valence-corrected chi connectivity index (χ3v) is 3.45. The second-order valence-corrected chi connectivity index (χ2v) is 5.22. The van der Waals surface area contributed by atoms with E-state index in [0.717, 1.165) is 6.42 Å². The molecule has 5 nitrogen and oxygen atoms in total. The van der Waals surface area contributed by atoms with E-state index in [4.69, 9.17) is 0 Å². The van der Waals surface area contributed by atoms with Crippen molar-refractivity contribution in [1.82, 2.24) is 15.1 Å². The van der Waals surface area contributed by atoms with E-state index in [1.807, 2.05) is 27.7 Å². The van der Waals surface area contributed by atoms with Gasteiger partial charge in [-0.3, -0.25) is 9.59 Å². The first-order valence-electron chi connectivity index (χ1n) is 6.70. The van der Waals surface area contributed by atoms with Gasteiger partial charge in [0.2, 0.25) is 11.8 Å². The monoisotopic (exact) mass is 255 g/mol. The van der Waals surface area contributed by atoms with Gasteiger partial charge < -0.3 is 15.1 Å². The van der Waals surface area contributed by atoms with Gasteiger partial charge >= 0.3 is 0 Å². The summed E-state index contributed by atoms with van der Waals surface area (Å²) < 4.78 is 0. The third kappa shape index (κ3) is 3.22. The Bertz CT molecular complexity index is 317. The summed E-state index contributed by atoms with van der Waals surface area (Å²) in [5.74, 6) is 0.0603. The summed E-state index contributed by atoms with van der Waals surface area (Å²) in [6.07, 6.45) is 0.782. The van der Waals surface area contributed by atoms with Gasteiger partial charge in [0.25, 0.3) is 0 Å².